The van der Waals surface area contributed by atoms with E-state index >= 15 is 0 Å². The predicted octanol–water partition coefficient (Wildman–Crippen LogP) is 1.93. The second-order valence-corrected chi connectivity index (χ2v) is 5.34. The van der Waals surface area contributed by atoms with Crippen LogP contribution in [0.1, 0.15) is 41.6 Å². The molecule has 1 amide bonds. The molecular formula is C15H20N2O3. The first-order valence-corrected chi connectivity index (χ1v) is 6.88. The molecule has 5 heteroatoms. The topological polar surface area (TPSA) is 83.6 Å². The van der Waals surface area contributed by atoms with E-state index < -0.39 is 5.97 Å². The van der Waals surface area contributed by atoms with Crippen LogP contribution in [0.15, 0.2) is 18.2 Å². The number of carbonyl (C=O) groups excluding carboxylic acids is 1. The van der Waals surface area contributed by atoms with Gasteiger partial charge in [-0.05, 0) is 43.5 Å². The van der Waals surface area contributed by atoms with Crippen LogP contribution in [0.25, 0.3) is 0 Å². The third kappa shape index (κ3) is 3.10. The number of aromatic carboxylic acids is 1. The first-order valence-electron chi connectivity index (χ1n) is 6.88. The van der Waals surface area contributed by atoms with Crippen molar-refractivity contribution < 1.29 is 14.7 Å². The van der Waals surface area contributed by atoms with Gasteiger partial charge in [-0.3, -0.25) is 4.79 Å². The lowest BCUT2D eigenvalue weighted by molar-refractivity contribution is -0.116. The van der Waals surface area contributed by atoms with E-state index in [9.17, 15) is 9.59 Å². The normalized spacial score (nSPS) is 15.2. The van der Waals surface area contributed by atoms with Crippen molar-refractivity contribution in [2.24, 2.45) is 5.73 Å². The number of carboxylic acids is 1. The third-order valence-corrected chi connectivity index (χ3v) is 3.84. The fourth-order valence-electron chi connectivity index (χ4n) is 2.91. The van der Waals surface area contributed by atoms with Gasteiger partial charge in [0.15, 0.2) is 0 Å². The van der Waals surface area contributed by atoms with Gasteiger partial charge in [-0.1, -0.05) is 12.8 Å². The zero-order valence-electron chi connectivity index (χ0n) is 11.6. The molecule has 1 fully saturated rings. The molecule has 5 nitrogen and oxygen atoms in total. The molecule has 0 aliphatic heterocycles. The molecule has 1 aromatic rings. The van der Waals surface area contributed by atoms with E-state index in [0.29, 0.717) is 6.04 Å². The van der Waals surface area contributed by atoms with Crippen LogP contribution in [-0.2, 0) is 4.79 Å². The van der Waals surface area contributed by atoms with Crippen LogP contribution in [0.5, 0.6) is 0 Å². The molecule has 1 aromatic carbocycles. The number of hydrogen-bond donors (Lipinski definition) is 2. The average Bonchev–Trinajstić information content (AvgIpc) is 2.89. The highest BCUT2D eigenvalue weighted by Gasteiger charge is 2.25. The Bertz CT molecular complexity index is 522. The fourth-order valence-corrected chi connectivity index (χ4v) is 2.91. The number of anilines is 1. The zero-order valence-corrected chi connectivity index (χ0v) is 11.6. The number of carboxylic acid groups (broad SMARTS) is 1. The summed E-state index contributed by atoms with van der Waals surface area (Å²) in [5.74, 6) is -1.31. The smallest absolute Gasteiger partial charge is 0.335 e. The Morgan fingerprint density at radius 1 is 1.35 bits per heavy atom. The molecule has 0 radical (unpaired) electrons. The summed E-state index contributed by atoms with van der Waals surface area (Å²) in [6.45, 7) is 2.04. The Morgan fingerprint density at radius 3 is 2.50 bits per heavy atom. The maximum Gasteiger partial charge on any atom is 0.335 e. The van der Waals surface area contributed by atoms with Crippen molar-refractivity contribution in [3.05, 3.63) is 29.3 Å². The minimum Gasteiger partial charge on any atom is -0.478 e. The zero-order chi connectivity index (χ0) is 14.7. The van der Waals surface area contributed by atoms with E-state index in [2.05, 4.69) is 0 Å². The maximum absolute atomic E-state index is 11.3. The van der Waals surface area contributed by atoms with Crippen molar-refractivity contribution in [2.75, 3.05) is 11.4 Å². The van der Waals surface area contributed by atoms with E-state index in [0.717, 1.165) is 36.9 Å². The van der Waals surface area contributed by atoms with Crippen LogP contribution in [0.3, 0.4) is 0 Å². The van der Waals surface area contributed by atoms with Gasteiger partial charge in [0.25, 0.3) is 0 Å². The molecule has 0 bridgehead atoms. The van der Waals surface area contributed by atoms with E-state index in [1.54, 1.807) is 18.2 Å². The number of nitrogens with zero attached hydrogens (tertiary/aromatic N) is 1. The minimum atomic E-state index is -0.943. The molecule has 1 aliphatic carbocycles. The second-order valence-electron chi connectivity index (χ2n) is 5.34. The molecule has 2 rings (SSSR count). The number of benzene rings is 1. The Labute approximate surface area is 118 Å². The molecular weight excluding hydrogens is 256 g/mol. The summed E-state index contributed by atoms with van der Waals surface area (Å²) >= 11 is 0. The number of nitrogens with two attached hydrogens (primary N) is 1. The molecule has 0 saturated heterocycles. The standard InChI is InChI=1S/C15H20N2O3/c1-10-8-11(15(19)20)6-7-13(10)17(9-14(16)18)12-4-2-3-5-12/h6-8,12H,2-5,9H2,1H3,(H2,16,18)(H,19,20). The quantitative estimate of drug-likeness (QED) is 0.860. The Balaban J connectivity index is 2.32. The van der Waals surface area contributed by atoms with Crippen molar-refractivity contribution >= 4 is 17.6 Å². The molecule has 0 heterocycles. The van der Waals surface area contributed by atoms with Crippen LogP contribution < -0.4 is 10.6 Å². The number of rotatable bonds is 5. The molecule has 0 aromatic heterocycles. The summed E-state index contributed by atoms with van der Waals surface area (Å²) in [5.41, 5.74) is 7.38. The highest BCUT2D eigenvalue weighted by Crippen LogP contribution is 2.30. The minimum absolute atomic E-state index is 0.178. The summed E-state index contributed by atoms with van der Waals surface area (Å²) in [6.07, 6.45) is 4.42. The lowest BCUT2D eigenvalue weighted by Gasteiger charge is -2.31. The highest BCUT2D eigenvalue weighted by atomic mass is 16.4. The van der Waals surface area contributed by atoms with Crippen LogP contribution in [0.4, 0.5) is 5.69 Å². The number of primary amides is 1. The largest absolute Gasteiger partial charge is 0.478 e. The molecule has 0 unspecified atom stereocenters. The van der Waals surface area contributed by atoms with Crippen molar-refractivity contribution in [3.8, 4) is 0 Å². The Kier molecular flexibility index (Phi) is 4.27. The predicted molar refractivity (Wildman–Crippen MR) is 76.9 cm³/mol. The lowest BCUT2D eigenvalue weighted by Crippen LogP contribution is -2.40. The van der Waals surface area contributed by atoms with E-state index in [-0.39, 0.29) is 18.0 Å². The first-order chi connectivity index (χ1) is 9.49. The fraction of sp³-hybridized carbons (Fsp3) is 0.467. The van der Waals surface area contributed by atoms with Crippen molar-refractivity contribution in [2.45, 2.75) is 38.6 Å². The van der Waals surface area contributed by atoms with Crippen molar-refractivity contribution in [1.29, 1.82) is 0 Å². The highest BCUT2D eigenvalue weighted by molar-refractivity contribution is 5.89. The van der Waals surface area contributed by atoms with Crippen LogP contribution in [0.2, 0.25) is 0 Å². The summed E-state index contributed by atoms with van der Waals surface area (Å²) < 4.78 is 0. The number of amides is 1. The molecule has 1 saturated carbocycles. The lowest BCUT2D eigenvalue weighted by atomic mass is 10.1. The van der Waals surface area contributed by atoms with Gasteiger partial charge in [0, 0.05) is 11.7 Å². The number of aryl methyl sites for hydroxylation is 1. The second kappa shape index (κ2) is 5.94. The van der Waals surface area contributed by atoms with Crippen molar-refractivity contribution in [3.63, 3.8) is 0 Å². The van der Waals surface area contributed by atoms with Crippen LogP contribution >= 0.6 is 0 Å². The van der Waals surface area contributed by atoms with Gasteiger partial charge in [-0.15, -0.1) is 0 Å². The molecule has 20 heavy (non-hydrogen) atoms. The number of carbonyl (C=O) groups is 2. The van der Waals surface area contributed by atoms with Gasteiger partial charge < -0.3 is 15.7 Å². The SMILES string of the molecule is Cc1cc(C(=O)O)ccc1N(CC(N)=O)C1CCCC1. The molecule has 1 aliphatic rings. The van der Waals surface area contributed by atoms with E-state index in [4.69, 9.17) is 10.8 Å². The Morgan fingerprint density at radius 2 is 2.00 bits per heavy atom. The summed E-state index contributed by atoms with van der Waals surface area (Å²) in [5, 5.41) is 9.01. The van der Waals surface area contributed by atoms with Crippen LogP contribution in [-0.4, -0.2) is 29.6 Å². The summed E-state index contributed by atoms with van der Waals surface area (Å²) in [4.78, 5) is 24.3. The Hall–Kier alpha value is -2.04. The third-order valence-electron chi connectivity index (χ3n) is 3.84. The molecule has 108 valence electrons. The van der Waals surface area contributed by atoms with Crippen LogP contribution in [0, 0.1) is 6.92 Å². The van der Waals surface area contributed by atoms with Gasteiger partial charge >= 0.3 is 5.97 Å². The summed E-state index contributed by atoms with van der Waals surface area (Å²) in [6, 6.07) is 5.31. The van der Waals surface area contributed by atoms with E-state index in [1.165, 1.54) is 0 Å². The van der Waals surface area contributed by atoms with Gasteiger partial charge in [0.1, 0.15) is 0 Å². The first kappa shape index (κ1) is 14.4. The van der Waals surface area contributed by atoms with Gasteiger partial charge in [-0.2, -0.15) is 0 Å². The van der Waals surface area contributed by atoms with E-state index in [1.807, 2.05) is 11.8 Å². The van der Waals surface area contributed by atoms with Gasteiger partial charge in [-0.25, -0.2) is 4.79 Å². The molecule has 0 spiro atoms. The molecule has 0 atom stereocenters. The maximum atomic E-state index is 11.3. The average molecular weight is 276 g/mol. The molecule has 3 N–H and O–H groups in total. The van der Waals surface area contributed by atoms with Crippen molar-refractivity contribution in [1.82, 2.24) is 0 Å². The monoisotopic (exact) mass is 276 g/mol. The summed E-state index contributed by atoms with van der Waals surface area (Å²) in [7, 11) is 0. The van der Waals surface area contributed by atoms with Gasteiger partial charge in [0.05, 0.1) is 12.1 Å². The van der Waals surface area contributed by atoms with Gasteiger partial charge in [0.2, 0.25) is 5.91 Å². The number of hydrogen-bond acceptors (Lipinski definition) is 3.